The van der Waals surface area contributed by atoms with Crippen molar-refractivity contribution in [2.24, 2.45) is 0 Å². The third-order valence-corrected chi connectivity index (χ3v) is 5.24. The van der Waals surface area contributed by atoms with Gasteiger partial charge in [0.2, 0.25) is 11.8 Å². The number of benzene rings is 1. The number of aromatic nitrogens is 3. The van der Waals surface area contributed by atoms with Crippen LogP contribution in [0.4, 0.5) is 5.13 Å². The molecule has 1 N–H and O–H groups in total. The second kappa shape index (κ2) is 7.59. The predicted octanol–water partition coefficient (Wildman–Crippen LogP) is 4.74. The van der Waals surface area contributed by atoms with Gasteiger partial charge < -0.3 is 9.73 Å². The van der Waals surface area contributed by atoms with Gasteiger partial charge in [0.25, 0.3) is 5.22 Å². The molecule has 0 aliphatic heterocycles. The van der Waals surface area contributed by atoms with Crippen molar-refractivity contribution in [1.82, 2.24) is 15.2 Å². The van der Waals surface area contributed by atoms with E-state index in [1.165, 1.54) is 35.6 Å². The van der Waals surface area contributed by atoms with Crippen molar-refractivity contribution >= 4 is 34.1 Å². The highest BCUT2D eigenvalue weighted by Crippen LogP contribution is 2.29. The van der Waals surface area contributed by atoms with Crippen LogP contribution < -0.4 is 5.32 Å². The topological polar surface area (TPSA) is 80.9 Å². The number of nitrogens with zero attached hydrogens (tertiary/aromatic N) is 3. The molecule has 3 rings (SSSR count). The average molecular weight is 389 g/mol. The summed E-state index contributed by atoms with van der Waals surface area (Å²) < 4.78 is 5.73. The molecule has 0 saturated carbocycles. The third kappa shape index (κ3) is 4.70. The fourth-order valence-electron chi connectivity index (χ4n) is 2.21. The van der Waals surface area contributed by atoms with Crippen molar-refractivity contribution in [2.45, 2.75) is 44.1 Å². The number of nitrogens with one attached hydrogen (secondary N) is 1. The number of anilines is 1. The molecule has 0 fully saturated rings. The van der Waals surface area contributed by atoms with E-state index in [1.807, 2.05) is 17.5 Å². The van der Waals surface area contributed by atoms with E-state index in [1.54, 1.807) is 0 Å². The Hall–Kier alpha value is -2.19. The quantitative estimate of drug-likeness (QED) is 0.636. The molecule has 1 amide bonds. The van der Waals surface area contributed by atoms with Gasteiger partial charge in [-0.3, -0.25) is 4.79 Å². The number of thioether (sulfide) groups is 1. The fraction of sp³-hybridized carbons (Fsp3) is 0.333. The molecule has 0 radical (unpaired) electrons. The van der Waals surface area contributed by atoms with Gasteiger partial charge >= 0.3 is 0 Å². The monoisotopic (exact) mass is 388 g/mol. The normalized spacial score (nSPS) is 11.5. The molecule has 3 aromatic rings. The SMILES string of the molecule is CC(=O)Nc1nc(CSc2nnc(-c3ccc(C(C)(C)C)cc3)o2)cs1. The number of amides is 1. The van der Waals surface area contributed by atoms with Crippen molar-refractivity contribution in [3.05, 3.63) is 40.9 Å². The Morgan fingerprint density at radius 2 is 1.96 bits per heavy atom. The van der Waals surface area contributed by atoms with Crippen LogP contribution in [-0.2, 0) is 16.0 Å². The van der Waals surface area contributed by atoms with E-state index >= 15 is 0 Å². The van der Waals surface area contributed by atoms with E-state index in [2.05, 4.69) is 53.4 Å². The first-order chi connectivity index (χ1) is 12.3. The van der Waals surface area contributed by atoms with Crippen molar-refractivity contribution in [3.63, 3.8) is 0 Å². The smallest absolute Gasteiger partial charge is 0.277 e. The summed E-state index contributed by atoms with van der Waals surface area (Å²) >= 11 is 2.82. The first kappa shape index (κ1) is 18.6. The lowest BCUT2D eigenvalue weighted by molar-refractivity contribution is -0.114. The Kier molecular flexibility index (Phi) is 5.43. The maximum absolute atomic E-state index is 11.0. The van der Waals surface area contributed by atoms with Crippen LogP contribution >= 0.6 is 23.1 Å². The molecule has 8 heteroatoms. The lowest BCUT2D eigenvalue weighted by atomic mass is 9.87. The van der Waals surface area contributed by atoms with Crippen LogP contribution in [0.3, 0.4) is 0 Å². The summed E-state index contributed by atoms with van der Waals surface area (Å²) in [4.78, 5) is 15.4. The Balaban J connectivity index is 1.63. The summed E-state index contributed by atoms with van der Waals surface area (Å²) in [5, 5.41) is 13.9. The molecule has 2 heterocycles. The summed E-state index contributed by atoms with van der Waals surface area (Å²) in [7, 11) is 0. The van der Waals surface area contributed by atoms with Gasteiger partial charge in [-0.25, -0.2) is 4.98 Å². The van der Waals surface area contributed by atoms with Gasteiger partial charge in [-0.15, -0.1) is 21.5 Å². The largest absolute Gasteiger partial charge is 0.411 e. The molecular formula is C18H20N4O2S2. The molecule has 26 heavy (non-hydrogen) atoms. The van der Waals surface area contributed by atoms with Crippen molar-refractivity contribution in [3.8, 4) is 11.5 Å². The minimum absolute atomic E-state index is 0.109. The highest BCUT2D eigenvalue weighted by Gasteiger charge is 2.15. The highest BCUT2D eigenvalue weighted by molar-refractivity contribution is 7.98. The molecule has 0 atom stereocenters. The average Bonchev–Trinajstić information content (AvgIpc) is 3.21. The summed E-state index contributed by atoms with van der Waals surface area (Å²) in [6.45, 7) is 8.00. The minimum atomic E-state index is -0.127. The molecule has 0 bridgehead atoms. The van der Waals surface area contributed by atoms with Crippen LogP contribution in [0, 0.1) is 0 Å². The molecule has 6 nitrogen and oxygen atoms in total. The van der Waals surface area contributed by atoms with E-state index in [0.29, 0.717) is 22.0 Å². The summed E-state index contributed by atoms with van der Waals surface area (Å²) in [6.07, 6.45) is 0. The van der Waals surface area contributed by atoms with Crippen LogP contribution in [0.5, 0.6) is 0 Å². The molecular weight excluding hydrogens is 368 g/mol. The molecule has 136 valence electrons. The standard InChI is InChI=1S/C18H20N4O2S2/c1-11(23)19-16-20-14(9-25-16)10-26-17-22-21-15(24-17)12-5-7-13(8-6-12)18(2,3)4/h5-9H,10H2,1-4H3,(H,19,20,23). The molecule has 0 aliphatic rings. The zero-order chi connectivity index (χ0) is 18.7. The van der Waals surface area contributed by atoms with E-state index in [9.17, 15) is 4.79 Å². The fourth-order valence-corrected chi connectivity index (χ4v) is 3.73. The number of hydrogen-bond donors (Lipinski definition) is 1. The van der Waals surface area contributed by atoms with Crippen LogP contribution in [0.25, 0.3) is 11.5 Å². The van der Waals surface area contributed by atoms with Crippen LogP contribution in [0.1, 0.15) is 39.0 Å². The molecule has 0 spiro atoms. The van der Waals surface area contributed by atoms with Gasteiger partial charge in [0.15, 0.2) is 5.13 Å². The number of carbonyl (C=O) groups is 1. The van der Waals surface area contributed by atoms with Gasteiger partial charge in [0.1, 0.15) is 0 Å². The van der Waals surface area contributed by atoms with Crippen LogP contribution in [0.2, 0.25) is 0 Å². The highest BCUT2D eigenvalue weighted by atomic mass is 32.2. The first-order valence-electron chi connectivity index (χ1n) is 8.10. The Morgan fingerprint density at radius 1 is 1.23 bits per heavy atom. The lowest BCUT2D eigenvalue weighted by Crippen LogP contribution is -2.10. The van der Waals surface area contributed by atoms with Crippen LogP contribution in [-0.4, -0.2) is 21.1 Å². The third-order valence-electron chi connectivity index (χ3n) is 3.58. The number of thiazole rings is 1. The number of carbonyl (C=O) groups excluding carboxylic acids is 1. The number of hydrogen-bond acceptors (Lipinski definition) is 7. The Morgan fingerprint density at radius 3 is 2.62 bits per heavy atom. The maximum Gasteiger partial charge on any atom is 0.277 e. The van der Waals surface area contributed by atoms with Crippen molar-refractivity contribution < 1.29 is 9.21 Å². The van der Waals surface area contributed by atoms with E-state index in [-0.39, 0.29) is 11.3 Å². The van der Waals surface area contributed by atoms with Gasteiger partial charge in [0.05, 0.1) is 5.69 Å². The predicted molar refractivity (Wildman–Crippen MR) is 104 cm³/mol. The molecule has 0 aliphatic carbocycles. The van der Waals surface area contributed by atoms with E-state index in [0.717, 1.165) is 11.3 Å². The molecule has 1 aromatic carbocycles. The van der Waals surface area contributed by atoms with Gasteiger partial charge in [-0.2, -0.15) is 0 Å². The van der Waals surface area contributed by atoms with E-state index in [4.69, 9.17) is 4.42 Å². The maximum atomic E-state index is 11.0. The summed E-state index contributed by atoms with van der Waals surface area (Å²) in [5.41, 5.74) is 3.13. The van der Waals surface area contributed by atoms with Crippen LogP contribution in [0.15, 0.2) is 39.3 Å². The van der Waals surface area contributed by atoms with Gasteiger partial charge in [-0.05, 0) is 23.1 Å². The molecule has 0 unspecified atom stereocenters. The summed E-state index contributed by atoms with van der Waals surface area (Å²) in [5.74, 6) is 0.975. The Bertz CT molecular complexity index is 895. The zero-order valence-corrected chi connectivity index (χ0v) is 16.7. The summed E-state index contributed by atoms with van der Waals surface area (Å²) in [6, 6.07) is 8.18. The van der Waals surface area contributed by atoms with Crippen molar-refractivity contribution in [1.29, 1.82) is 0 Å². The van der Waals surface area contributed by atoms with Gasteiger partial charge in [-0.1, -0.05) is 44.7 Å². The van der Waals surface area contributed by atoms with Crippen molar-refractivity contribution in [2.75, 3.05) is 5.32 Å². The minimum Gasteiger partial charge on any atom is -0.411 e. The van der Waals surface area contributed by atoms with Gasteiger partial charge in [0, 0.05) is 23.6 Å². The second-order valence-corrected chi connectivity index (χ2v) is 8.60. The molecule has 2 aromatic heterocycles. The second-order valence-electron chi connectivity index (χ2n) is 6.81. The number of rotatable bonds is 5. The Labute approximate surface area is 160 Å². The lowest BCUT2D eigenvalue weighted by Gasteiger charge is -2.18. The molecule has 0 saturated heterocycles. The van der Waals surface area contributed by atoms with E-state index < -0.39 is 0 Å². The first-order valence-corrected chi connectivity index (χ1v) is 9.97. The zero-order valence-electron chi connectivity index (χ0n) is 15.1.